The Balaban J connectivity index is 2.03. The molecule has 0 saturated heterocycles. The van der Waals surface area contributed by atoms with Crippen LogP contribution in [0.1, 0.15) is 23.2 Å². The van der Waals surface area contributed by atoms with Crippen molar-refractivity contribution in [1.29, 1.82) is 0 Å². The van der Waals surface area contributed by atoms with Gasteiger partial charge in [0.1, 0.15) is 0 Å². The Morgan fingerprint density at radius 3 is 2.78 bits per heavy atom. The van der Waals surface area contributed by atoms with Crippen molar-refractivity contribution >= 4 is 29.1 Å². The zero-order chi connectivity index (χ0) is 13.3. The summed E-state index contributed by atoms with van der Waals surface area (Å²) >= 11 is 11.5. The molecule has 0 atom stereocenters. The summed E-state index contributed by atoms with van der Waals surface area (Å²) in [5.41, 5.74) is 0.249. The van der Waals surface area contributed by atoms with Crippen molar-refractivity contribution in [3.05, 3.63) is 21.9 Å². The molecule has 1 N–H and O–H groups in total. The molecule has 0 spiro atoms. The van der Waals surface area contributed by atoms with E-state index in [2.05, 4.69) is 10.2 Å². The molecule has 98 valence electrons. The van der Waals surface area contributed by atoms with Crippen LogP contribution in [0.15, 0.2) is 6.07 Å². The first kappa shape index (κ1) is 13.5. The van der Waals surface area contributed by atoms with Crippen LogP contribution in [0.3, 0.4) is 0 Å². The second-order valence-corrected chi connectivity index (χ2v) is 5.29. The van der Waals surface area contributed by atoms with Gasteiger partial charge in [-0.3, -0.25) is 4.79 Å². The summed E-state index contributed by atoms with van der Waals surface area (Å²) in [6.07, 6.45) is 1.25. The summed E-state index contributed by atoms with van der Waals surface area (Å²) in [4.78, 5) is 13.7. The Morgan fingerprint density at radius 1 is 1.50 bits per heavy atom. The Bertz CT molecular complexity index is 464. The number of rotatable bonds is 3. The van der Waals surface area contributed by atoms with Gasteiger partial charge >= 0.3 is 0 Å². The standard InChI is InChI=1S/C11H13Cl2N3O2/c1-16(5-6-2-7(17)3-6)11(18)8-4-9(12)14-15-10(8)13/h4,6-7,17H,2-3,5H2,1H3. The average molecular weight is 290 g/mol. The molecular weight excluding hydrogens is 277 g/mol. The summed E-state index contributed by atoms with van der Waals surface area (Å²) < 4.78 is 0. The summed E-state index contributed by atoms with van der Waals surface area (Å²) in [5.74, 6) is 0.108. The minimum absolute atomic E-state index is 0.0462. The fourth-order valence-electron chi connectivity index (χ4n) is 2.03. The Kier molecular flexibility index (Phi) is 4.04. The third-order valence-electron chi connectivity index (χ3n) is 3.04. The molecule has 0 bridgehead atoms. The number of aliphatic hydroxyl groups is 1. The number of hydrogen-bond acceptors (Lipinski definition) is 4. The molecule has 0 aromatic carbocycles. The van der Waals surface area contributed by atoms with E-state index in [-0.39, 0.29) is 27.9 Å². The van der Waals surface area contributed by atoms with Gasteiger partial charge in [0.05, 0.1) is 11.7 Å². The van der Waals surface area contributed by atoms with E-state index in [1.807, 2.05) is 0 Å². The van der Waals surface area contributed by atoms with Gasteiger partial charge in [-0.05, 0) is 24.8 Å². The lowest BCUT2D eigenvalue weighted by Gasteiger charge is -2.34. The highest BCUT2D eigenvalue weighted by molar-refractivity contribution is 6.34. The number of aromatic nitrogens is 2. The highest BCUT2D eigenvalue weighted by Crippen LogP contribution is 2.28. The average Bonchev–Trinajstić information content (AvgIpc) is 2.29. The van der Waals surface area contributed by atoms with Crippen molar-refractivity contribution in [2.75, 3.05) is 13.6 Å². The van der Waals surface area contributed by atoms with Crippen LogP contribution in [0.5, 0.6) is 0 Å². The fraction of sp³-hybridized carbons (Fsp3) is 0.545. The van der Waals surface area contributed by atoms with Gasteiger partial charge in [0.25, 0.3) is 5.91 Å². The van der Waals surface area contributed by atoms with E-state index in [0.29, 0.717) is 12.5 Å². The minimum Gasteiger partial charge on any atom is -0.393 e. The topological polar surface area (TPSA) is 66.3 Å². The van der Waals surface area contributed by atoms with Crippen molar-refractivity contribution in [1.82, 2.24) is 15.1 Å². The second kappa shape index (κ2) is 5.38. The first-order valence-corrected chi connectivity index (χ1v) is 6.35. The number of carbonyl (C=O) groups excluding carboxylic acids is 1. The molecule has 1 heterocycles. The molecule has 1 aromatic rings. The van der Waals surface area contributed by atoms with Crippen LogP contribution in [-0.2, 0) is 0 Å². The van der Waals surface area contributed by atoms with Crippen molar-refractivity contribution in [2.45, 2.75) is 18.9 Å². The molecule has 7 heteroatoms. The van der Waals surface area contributed by atoms with E-state index in [4.69, 9.17) is 23.2 Å². The van der Waals surface area contributed by atoms with Crippen molar-refractivity contribution in [2.24, 2.45) is 5.92 Å². The van der Waals surface area contributed by atoms with Gasteiger partial charge in [-0.25, -0.2) is 0 Å². The van der Waals surface area contributed by atoms with Crippen LogP contribution >= 0.6 is 23.2 Å². The van der Waals surface area contributed by atoms with Crippen LogP contribution in [0.2, 0.25) is 10.3 Å². The number of hydrogen-bond donors (Lipinski definition) is 1. The zero-order valence-electron chi connectivity index (χ0n) is 9.81. The quantitative estimate of drug-likeness (QED) is 0.918. The van der Waals surface area contributed by atoms with Gasteiger partial charge in [0.15, 0.2) is 10.3 Å². The number of halogens is 2. The molecule has 1 aliphatic rings. The van der Waals surface area contributed by atoms with E-state index in [0.717, 1.165) is 12.8 Å². The molecule has 2 rings (SSSR count). The molecule has 0 unspecified atom stereocenters. The maximum atomic E-state index is 12.1. The molecule has 0 aliphatic heterocycles. The minimum atomic E-state index is -0.238. The lowest BCUT2D eigenvalue weighted by atomic mass is 9.82. The van der Waals surface area contributed by atoms with E-state index in [1.165, 1.54) is 6.07 Å². The predicted octanol–water partition coefficient (Wildman–Crippen LogP) is 1.63. The Hall–Kier alpha value is -0.910. The molecule has 5 nitrogen and oxygen atoms in total. The highest BCUT2D eigenvalue weighted by Gasteiger charge is 2.29. The van der Waals surface area contributed by atoms with Gasteiger partial charge in [-0.2, -0.15) is 0 Å². The first-order valence-electron chi connectivity index (χ1n) is 5.59. The monoisotopic (exact) mass is 289 g/mol. The normalized spacial score (nSPS) is 22.4. The van der Waals surface area contributed by atoms with Crippen LogP contribution in [0.25, 0.3) is 0 Å². The molecule has 1 fully saturated rings. The van der Waals surface area contributed by atoms with Crippen LogP contribution in [0, 0.1) is 5.92 Å². The molecule has 0 radical (unpaired) electrons. The summed E-state index contributed by atoms with van der Waals surface area (Å²) in [7, 11) is 1.69. The van der Waals surface area contributed by atoms with Crippen LogP contribution < -0.4 is 0 Å². The van der Waals surface area contributed by atoms with E-state index in [9.17, 15) is 9.90 Å². The third-order valence-corrected chi connectivity index (χ3v) is 3.50. The molecule has 1 saturated carbocycles. The van der Waals surface area contributed by atoms with Gasteiger partial charge in [0.2, 0.25) is 0 Å². The number of carbonyl (C=O) groups is 1. The molecule has 1 aromatic heterocycles. The van der Waals surface area contributed by atoms with E-state index in [1.54, 1.807) is 11.9 Å². The van der Waals surface area contributed by atoms with Crippen LogP contribution in [0.4, 0.5) is 0 Å². The number of aliphatic hydroxyl groups excluding tert-OH is 1. The number of amides is 1. The predicted molar refractivity (Wildman–Crippen MR) is 67.7 cm³/mol. The summed E-state index contributed by atoms with van der Waals surface area (Å²) in [6, 6.07) is 1.41. The smallest absolute Gasteiger partial charge is 0.256 e. The molecule has 18 heavy (non-hydrogen) atoms. The van der Waals surface area contributed by atoms with Crippen molar-refractivity contribution in [3.63, 3.8) is 0 Å². The highest BCUT2D eigenvalue weighted by atomic mass is 35.5. The van der Waals surface area contributed by atoms with E-state index < -0.39 is 0 Å². The number of nitrogens with zero attached hydrogens (tertiary/aromatic N) is 3. The Morgan fingerprint density at radius 2 is 2.17 bits per heavy atom. The van der Waals surface area contributed by atoms with Crippen LogP contribution in [-0.4, -0.2) is 45.8 Å². The molecular formula is C11H13Cl2N3O2. The lowest BCUT2D eigenvalue weighted by molar-refractivity contribution is 0.0265. The summed E-state index contributed by atoms with van der Waals surface area (Å²) in [6.45, 7) is 0.589. The SMILES string of the molecule is CN(CC1CC(O)C1)C(=O)c1cc(Cl)nnc1Cl. The van der Waals surface area contributed by atoms with Gasteiger partial charge in [-0.15, -0.1) is 10.2 Å². The van der Waals surface area contributed by atoms with Gasteiger partial charge in [-0.1, -0.05) is 23.2 Å². The largest absolute Gasteiger partial charge is 0.393 e. The van der Waals surface area contributed by atoms with Gasteiger partial charge < -0.3 is 10.0 Å². The first-order chi connectivity index (χ1) is 8.47. The Labute approximate surface area is 115 Å². The van der Waals surface area contributed by atoms with Crippen molar-refractivity contribution in [3.8, 4) is 0 Å². The lowest BCUT2D eigenvalue weighted by Crippen LogP contribution is -2.39. The zero-order valence-corrected chi connectivity index (χ0v) is 11.3. The molecule has 1 aliphatic carbocycles. The summed E-state index contributed by atoms with van der Waals surface area (Å²) in [5, 5.41) is 16.6. The second-order valence-electron chi connectivity index (χ2n) is 4.55. The van der Waals surface area contributed by atoms with E-state index >= 15 is 0 Å². The van der Waals surface area contributed by atoms with Gasteiger partial charge in [0, 0.05) is 13.6 Å². The van der Waals surface area contributed by atoms with Crippen molar-refractivity contribution < 1.29 is 9.90 Å². The maximum absolute atomic E-state index is 12.1. The third kappa shape index (κ3) is 2.91. The fourth-order valence-corrected chi connectivity index (χ4v) is 2.35. The maximum Gasteiger partial charge on any atom is 0.256 e. The molecule has 1 amide bonds.